The van der Waals surface area contributed by atoms with Gasteiger partial charge in [-0.2, -0.15) is 0 Å². The molecule has 0 bridgehead atoms. The fraction of sp³-hybridized carbons (Fsp3) is 0.333. The highest BCUT2D eigenvalue weighted by atomic mass is 32.2. The molecule has 0 saturated heterocycles. The average Bonchev–Trinajstić information content (AvgIpc) is 3.24. The molecule has 2 aliphatic rings. The molecule has 1 N–H and O–H groups in total. The van der Waals surface area contributed by atoms with Gasteiger partial charge in [-0.05, 0) is 50.1 Å². The number of aryl methyl sites for hydroxylation is 1. The quantitative estimate of drug-likeness (QED) is 0.492. The van der Waals surface area contributed by atoms with Gasteiger partial charge in [-0.3, -0.25) is 9.59 Å². The minimum atomic E-state index is -0.343. The van der Waals surface area contributed by atoms with Gasteiger partial charge in [0.25, 0.3) is 5.91 Å². The van der Waals surface area contributed by atoms with Gasteiger partial charge in [-0.1, -0.05) is 18.2 Å². The Labute approximate surface area is 208 Å². The number of hydrogen-bond donors (Lipinski definition) is 1. The maximum absolute atomic E-state index is 13.3. The fourth-order valence-electron chi connectivity index (χ4n) is 4.59. The van der Waals surface area contributed by atoms with E-state index in [4.69, 9.17) is 14.2 Å². The highest BCUT2D eigenvalue weighted by Gasteiger charge is 2.30. The van der Waals surface area contributed by atoms with Crippen LogP contribution in [0.3, 0.4) is 0 Å². The normalized spacial score (nSPS) is 15.8. The van der Waals surface area contributed by atoms with E-state index in [1.165, 1.54) is 0 Å². The second-order valence-electron chi connectivity index (χ2n) is 8.50. The molecule has 2 aliphatic heterocycles. The summed E-state index contributed by atoms with van der Waals surface area (Å²) in [5, 5.41) is 2.90. The smallest absolute Gasteiger partial charge is 0.257 e. The monoisotopic (exact) mass is 492 g/mol. The lowest BCUT2D eigenvalue weighted by atomic mass is 10.0. The molecule has 0 fully saturated rings. The number of pyridine rings is 1. The van der Waals surface area contributed by atoms with Crippen LogP contribution in [0.15, 0.2) is 58.2 Å². The molecule has 7 nitrogen and oxygen atoms in total. The maximum atomic E-state index is 13.3. The number of nitrogens with zero attached hydrogens (tertiary/aromatic N) is 1. The van der Waals surface area contributed by atoms with Crippen molar-refractivity contribution in [3.8, 4) is 17.2 Å². The summed E-state index contributed by atoms with van der Waals surface area (Å²) in [4.78, 5) is 27.5. The first kappa shape index (κ1) is 23.5. The zero-order chi connectivity index (χ0) is 24.4. The van der Waals surface area contributed by atoms with Crippen LogP contribution in [0.5, 0.6) is 11.5 Å². The molecule has 0 saturated carbocycles. The van der Waals surface area contributed by atoms with Crippen molar-refractivity contribution < 1.29 is 19.0 Å². The van der Waals surface area contributed by atoms with E-state index in [9.17, 15) is 9.59 Å². The number of ether oxygens (including phenoxy) is 3. The Morgan fingerprint density at radius 2 is 2.00 bits per heavy atom. The van der Waals surface area contributed by atoms with Crippen molar-refractivity contribution in [1.82, 2.24) is 9.88 Å². The summed E-state index contributed by atoms with van der Waals surface area (Å²) in [6.07, 6.45) is 1.20. The molecule has 0 aliphatic carbocycles. The third kappa shape index (κ3) is 4.68. The van der Waals surface area contributed by atoms with Gasteiger partial charge in [0, 0.05) is 53.8 Å². The zero-order valence-corrected chi connectivity index (χ0v) is 20.7. The first-order valence-electron chi connectivity index (χ1n) is 11.8. The predicted octanol–water partition coefficient (Wildman–Crippen LogP) is 4.42. The fourth-order valence-corrected chi connectivity index (χ4v) is 5.85. The lowest BCUT2D eigenvalue weighted by molar-refractivity contribution is 0.0941. The first-order chi connectivity index (χ1) is 17.1. The summed E-state index contributed by atoms with van der Waals surface area (Å²) >= 11 is 1.73. The molecule has 1 amide bonds. The van der Waals surface area contributed by atoms with Crippen molar-refractivity contribution in [2.24, 2.45) is 0 Å². The molecule has 1 unspecified atom stereocenters. The summed E-state index contributed by atoms with van der Waals surface area (Å²) in [5.41, 5.74) is 3.49. The van der Waals surface area contributed by atoms with Crippen LogP contribution in [0, 0.1) is 6.92 Å². The molecule has 1 aromatic heterocycles. The Bertz CT molecular complexity index is 1320. The number of benzene rings is 2. The van der Waals surface area contributed by atoms with Crippen molar-refractivity contribution in [2.45, 2.75) is 36.8 Å². The summed E-state index contributed by atoms with van der Waals surface area (Å²) in [6.45, 7) is 5.72. The number of carbonyl (C=O) groups excluding carboxylic acids is 1. The van der Waals surface area contributed by atoms with Crippen molar-refractivity contribution in [3.63, 3.8) is 0 Å². The van der Waals surface area contributed by atoms with Gasteiger partial charge in [-0.15, -0.1) is 11.8 Å². The molecule has 0 radical (unpaired) electrons. The third-order valence-electron chi connectivity index (χ3n) is 6.20. The van der Waals surface area contributed by atoms with Crippen LogP contribution in [0.4, 0.5) is 0 Å². The molecular formula is C27H28N2O5S. The molecule has 0 spiro atoms. The van der Waals surface area contributed by atoms with E-state index >= 15 is 0 Å². The van der Waals surface area contributed by atoms with Crippen LogP contribution in [0.25, 0.3) is 5.69 Å². The minimum Gasteiger partial charge on any atom is -0.454 e. The Balaban J connectivity index is 1.57. The first-order valence-corrected chi connectivity index (χ1v) is 12.7. The van der Waals surface area contributed by atoms with Crippen molar-refractivity contribution >= 4 is 17.7 Å². The molecule has 3 heterocycles. The highest BCUT2D eigenvalue weighted by molar-refractivity contribution is 7.99. The predicted molar refractivity (Wildman–Crippen MR) is 135 cm³/mol. The van der Waals surface area contributed by atoms with Gasteiger partial charge >= 0.3 is 0 Å². The summed E-state index contributed by atoms with van der Waals surface area (Å²) in [5.74, 6) is 1.10. The van der Waals surface area contributed by atoms with Crippen LogP contribution >= 0.6 is 11.8 Å². The average molecular weight is 493 g/mol. The van der Waals surface area contributed by atoms with E-state index in [1.807, 2.05) is 50.2 Å². The Morgan fingerprint density at radius 1 is 1.17 bits per heavy atom. The number of fused-ring (bicyclic) bond motifs is 4. The number of amides is 1. The van der Waals surface area contributed by atoms with Gasteiger partial charge < -0.3 is 24.1 Å². The van der Waals surface area contributed by atoms with E-state index in [0.717, 1.165) is 39.0 Å². The third-order valence-corrected chi connectivity index (χ3v) is 7.52. The molecule has 2 aromatic carbocycles. The molecule has 3 aromatic rings. The van der Waals surface area contributed by atoms with Crippen molar-refractivity contribution in [2.75, 3.05) is 26.6 Å². The summed E-state index contributed by atoms with van der Waals surface area (Å²) in [6, 6.07) is 15.6. The van der Waals surface area contributed by atoms with E-state index < -0.39 is 0 Å². The Kier molecular flexibility index (Phi) is 6.83. The van der Waals surface area contributed by atoms with Crippen LogP contribution in [0.2, 0.25) is 0 Å². The summed E-state index contributed by atoms with van der Waals surface area (Å²) < 4.78 is 18.5. The SMILES string of the molecule is CCOCCCNC(=O)c1c2n(c(C)cc1=O)-c1ccccc1SC(c1ccc3c(c1)OCO3)C2. The molecular weight excluding hydrogens is 464 g/mol. The van der Waals surface area contributed by atoms with Gasteiger partial charge in [0.1, 0.15) is 5.56 Å². The standard InChI is InChI=1S/C27H28N2O5S/c1-3-32-12-6-11-28-27(31)26-20-15-25(18-9-10-22-23(14-18)34-16-33-22)35-24-8-5-4-7-19(24)29(20)17(2)13-21(26)30/h4-5,7-10,13-14,25H,3,6,11-12,15-16H2,1-2H3,(H,28,31). The van der Waals surface area contributed by atoms with E-state index in [1.54, 1.807) is 17.8 Å². The van der Waals surface area contributed by atoms with E-state index in [0.29, 0.717) is 32.6 Å². The summed E-state index contributed by atoms with van der Waals surface area (Å²) in [7, 11) is 0. The van der Waals surface area contributed by atoms with Gasteiger partial charge in [0.15, 0.2) is 16.9 Å². The number of carbonyl (C=O) groups is 1. The Hall–Kier alpha value is -3.23. The van der Waals surface area contributed by atoms with Gasteiger partial charge in [0.2, 0.25) is 6.79 Å². The number of rotatable bonds is 7. The topological polar surface area (TPSA) is 78.8 Å². The van der Waals surface area contributed by atoms with Gasteiger partial charge in [0.05, 0.1) is 5.69 Å². The van der Waals surface area contributed by atoms with Crippen molar-refractivity contribution in [3.05, 3.63) is 81.3 Å². The second-order valence-corrected chi connectivity index (χ2v) is 9.75. The van der Waals surface area contributed by atoms with Crippen molar-refractivity contribution in [1.29, 1.82) is 0 Å². The number of para-hydroxylation sites is 1. The number of nitrogens with one attached hydrogen (secondary N) is 1. The molecule has 5 rings (SSSR count). The van der Waals surface area contributed by atoms with E-state index in [-0.39, 0.29) is 28.9 Å². The van der Waals surface area contributed by atoms with Gasteiger partial charge in [-0.25, -0.2) is 0 Å². The molecule has 182 valence electrons. The molecule has 1 atom stereocenters. The number of aromatic nitrogens is 1. The van der Waals surface area contributed by atoms with E-state index in [2.05, 4.69) is 16.0 Å². The maximum Gasteiger partial charge on any atom is 0.257 e. The Morgan fingerprint density at radius 3 is 2.86 bits per heavy atom. The number of hydrogen-bond acceptors (Lipinski definition) is 6. The zero-order valence-electron chi connectivity index (χ0n) is 19.8. The minimum absolute atomic E-state index is 0.0231. The molecule has 8 heteroatoms. The second kappa shape index (κ2) is 10.2. The van der Waals surface area contributed by atoms with Crippen LogP contribution in [-0.2, 0) is 11.2 Å². The van der Waals surface area contributed by atoms with Crippen LogP contribution < -0.4 is 20.2 Å². The lowest BCUT2D eigenvalue weighted by Gasteiger charge is -2.20. The number of thioether (sulfide) groups is 1. The molecule has 35 heavy (non-hydrogen) atoms. The largest absolute Gasteiger partial charge is 0.454 e. The van der Waals surface area contributed by atoms with Crippen LogP contribution in [0.1, 0.15) is 45.9 Å². The van der Waals surface area contributed by atoms with Crippen LogP contribution in [-0.4, -0.2) is 37.0 Å². The highest BCUT2D eigenvalue weighted by Crippen LogP contribution is 2.46. The lowest BCUT2D eigenvalue weighted by Crippen LogP contribution is -2.33.